The van der Waals surface area contributed by atoms with Gasteiger partial charge in [0.05, 0.1) is 18.6 Å². The first-order chi connectivity index (χ1) is 8.08. The second-order valence-corrected chi connectivity index (χ2v) is 3.92. The van der Waals surface area contributed by atoms with Crippen LogP contribution >= 0.6 is 0 Å². The molecular formula is C12H13N3O2. The zero-order chi connectivity index (χ0) is 12.4. The minimum Gasteiger partial charge on any atom is -0.477 e. The quantitative estimate of drug-likeness (QED) is 0.871. The number of carbonyl (C=O) groups is 1. The molecule has 0 radical (unpaired) electrons. The van der Waals surface area contributed by atoms with Crippen molar-refractivity contribution in [3.63, 3.8) is 0 Å². The van der Waals surface area contributed by atoms with Crippen molar-refractivity contribution in [2.45, 2.75) is 20.4 Å². The fraction of sp³-hybridized carbons (Fsp3) is 0.250. The first-order valence-electron chi connectivity index (χ1n) is 5.24. The number of aromatic carboxylic acids is 1. The molecule has 0 spiro atoms. The molecule has 2 aromatic heterocycles. The molecule has 0 aliphatic heterocycles. The van der Waals surface area contributed by atoms with Crippen LogP contribution in [0.1, 0.15) is 27.4 Å². The minimum atomic E-state index is -0.958. The Bertz CT molecular complexity index is 543. The number of rotatable bonds is 3. The van der Waals surface area contributed by atoms with Crippen LogP contribution < -0.4 is 0 Å². The largest absolute Gasteiger partial charge is 0.477 e. The van der Waals surface area contributed by atoms with E-state index in [1.54, 1.807) is 24.0 Å². The van der Waals surface area contributed by atoms with Crippen molar-refractivity contribution in [2.75, 3.05) is 0 Å². The third kappa shape index (κ3) is 2.33. The predicted octanol–water partition coefficient (Wildman–Crippen LogP) is 1.64. The van der Waals surface area contributed by atoms with E-state index in [0.717, 1.165) is 11.3 Å². The maximum absolute atomic E-state index is 11.1. The second-order valence-electron chi connectivity index (χ2n) is 3.92. The lowest BCUT2D eigenvalue weighted by atomic mass is 10.2. The molecule has 0 fully saturated rings. The lowest BCUT2D eigenvalue weighted by Gasteiger charge is -2.05. The van der Waals surface area contributed by atoms with E-state index in [1.165, 1.54) is 0 Å². The normalized spacial score (nSPS) is 10.5. The lowest BCUT2D eigenvalue weighted by molar-refractivity contribution is 0.0685. The van der Waals surface area contributed by atoms with E-state index in [9.17, 15) is 4.79 Å². The van der Waals surface area contributed by atoms with Gasteiger partial charge in [0.1, 0.15) is 5.69 Å². The summed E-state index contributed by atoms with van der Waals surface area (Å²) in [5.74, 6) is -0.958. The molecular weight excluding hydrogens is 218 g/mol. The van der Waals surface area contributed by atoms with Gasteiger partial charge in [-0.15, -0.1) is 0 Å². The summed E-state index contributed by atoms with van der Waals surface area (Å²) in [6.07, 6.45) is 3.29. The standard InChI is InChI=1S/C12H13N3O2/c1-8-3-4-10(5-13-8)6-15-7-14-9(2)11(15)12(16)17/h3-5,7H,6H2,1-2H3,(H,16,17). The van der Waals surface area contributed by atoms with Gasteiger partial charge in [-0.25, -0.2) is 9.78 Å². The molecule has 0 saturated carbocycles. The van der Waals surface area contributed by atoms with Crippen LogP contribution in [0.15, 0.2) is 24.7 Å². The van der Waals surface area contributed by atoms with Crippen LogP contribution in [0.25, 0.3) is 0 Å². The van der Waals surface area contributed by atoms with Gasteiger partial charge in [0, 0.05) is 11.9 Å². The molecule has 5 heteroatoms. The lowest BCUT2D eigenvalue weighted by Crippen LogP contribution is -2.10. The van der Waals surface area contributed by atoms with E-state index < -0.39 is 5.97 Å². The molecule has 88 valence electrons. The maximum Gasteiger partial charge on any atom is 0.354 e. The number of hydrogen-bond acceptors (Lipinski definition) is 3. The van der Waals surface area contributed by atoms with Gasteiger partial charge in [0.15, 0.2) is 0 Å². The van der Waals surface area contributed by atoms with Gasteiger partial charge in [0.2, 0.25) is 0 Å². The molecule has 5 nitrogen and oxygen atoms in total. The molecule has 0 bridgehead atoms. The van der Waals surface area contributed by atoms with Crippen LogP contribution in [-0.4, -0.2) is 25.6 Å². The average Bonchev–Trinajstić information content (AvgIpc) is 2.63. The second kappa shape index (κ2) is 4.37. The summed E-state index contributed by atoms with van der Waals surface area (Å²) in [5, 5.41) is 9.08. The first-order valence-corrected chi connectivity index (χ1v) is 5.24. The van der Waals surface area contributed by atoms with Crippen LogP contribution in [0.4, 0.5) is 0 Å². The van der Waals surface area contributed by atoms with Crippen LogP contribution in [-0.2, 0) is 6.54 Å². The van der Waals surface area contributed by atoms with Gasteiger partial charge in [-0.1, -0.05) is 6.07 Å². The molecule has 17 heavy (non-hydrogen) atoms. The summed E-state index contributed by atoms with van der Waals surface area (Å²) in [6.45, 7) is 4.07. The number of hydrogen-bond donors (Lipinski definition) is 1. The van der Waals surface area contributed by atoms with Gasteiger partial charge in [-0.3, -0.25) is 4.98 Å². The summed E-state index contributed by atoms with van der Waals surface area (Å²) >= 11 is 0. The Morgan fingerprint density at radius 2 is 2.12 bits per heavy atom. The number of carboxylic acids is 1. The van der Waals surface area contributed by atoms with Gasteiger partial charge in [-0.2, -0.15) is 0 Å². The highest BCUT2D eigenvalue weighted by molar-refractivity contribution is 5.86. The zero-order valence-electron chi connectivity index (χ0n) is 9.71. The van der Waals surface area contributed by atoms with E-state index in [4.69, 9.17) is 5.11 Å². The van der Waals surface area contributed by atoms with Crippen molar-refractivity contribution >= 4 is 5.97 Å². The molecule has 2 aromatic rings. The monoisotopic (exact) mass is 231 g/mol. The summed E-state index contributed by atoms with van der Waals surface area (Å²) in [5.41, 5.74) is 2.65. The molecule has 2 rings (SSSR count). The summed E-state index contributed by atoms with van der Waals surface area (Å²) < 4.78 is 1.62. The number of carboxylic acid groups (broad SMARTS) is 1. The Hall–Kier alpha value is -2.17. The van der Waals surface area contributed by atoms with Crippen molar-refractivity contribution < 1.29 is 9.90 Å². The smallest absolute Gasteiger partial charge is 0.354 e. The van der Waals surface area contributed by atoms with Gasteiger partial charge < -0.3 is 9.67 Å². The maximum atomic E-state index is 11.1. The minimum absolute atomic E-state index is 0.227. The van der Waals surface area contributed by atoms with Crippen LogP contribution in [0.3, 0.4) is 0 Å². The molecule has 0 aliphatic rings. The Kier molecular flexibility index (Phi) is 2.91. The molecule has 2 heterocycles. The van der Waals surface area contributed by atoms with Gasteiger partial charge in [0.25, 0.3) is 0 Å². The molecule has 0 unspecified atom stereocenters. The molecule has 0 aromatic carbocycles. The van der Waals surface area contributed by atoms with Crippen molar-refractivity contribution in [2.24, 2.45) is 0 Å². The predicted molar refractivity (Wildman–Crippen MR) is 62.0 cm³/mol. The van der Waals surface area contributed by atoms with Crippen molar-refractivity contribution in [3.8, 4) is 0 Å². The highest BCUT2D eigenvalue weighted by Crippen LogP contribution is 2.10. The molecule has 0 aliphatic carbocycles. The number of nitrogens with zero attached hydrogens (tertiary/aromatic N) is 3. The summed E-state index contributed by atoms with van der Waals surface area (Å²) in [6, 6.07) is 3.84. The highest BCUT2D eigenvalue weighted by Gasteiger charge is 2.14. The number of pyridine rings is 1. The van der Waals surface area contributed by atoms with E-state index in [0.29, 0.717) is 12.2 Å². The topological polar surface area (TPSA) is 68.0 Å². The summed E-state index contributed by atoms with van der Waals surface area (Å²) in [7, 11) is 0. The SMILES string of the molecule is Cc1ccc(Cn2cnc(C)c2C(=O)O)cn1. The molecule has 0 atom stereocenters. The van der Waals surface area contributed by atoms with Crippen LogP contribution in [0.5, 0.6) is 0 Å². The van der Waals surface area contributed by atoms with Crippen molar-refractivity contribution in [1.29, 1.82) is 0 Å². The molecule has 1 N–H and O–H groups in total. The Labute approximate surface area is 98.8 Å². The zero-order valence-corrected chi connectivity index (χ0v) is 9.71. The number of imidazole rings is 1. The Balaban J connectivity index is 2.30. The third-order valence-corrected chi connectivity index (χ3v) is 2.55. The van der Waals surface area contributed by atoms with E-state index in [1.807, 2.05) is 19.1 Å². The molecule has 0 amide bonds. The van der Waals surface area contributed by atoms with Crippen LogP contribution in [0, 0.1) is 13.8 Å². The Morgan fingerprint density at radius 3 is 2.71 bits per heavy atom. The summed E-state index contributed by atoms with van der Waals surface area (Å²) in [4.78, 5) is 19.3. The van der Waals surface area contributed by atoms with E-state index in [-0.39, 0.29) is 5.69 Å². The van der Waals surface area contributed by atoms with E-state index in [2.05, 4.69) is 9.97 Å². The Morgan fingerprint density at radius 1 is 1.35 bits per heavy atom. The van der Waals surface area contributed by atoms with Gasteiger partial charge >= 0.3 is 5.97 Å². The van der Waals surface area contributed by atoms with E-state index >= 15 is 0 Å². The van der Waals surface area contributed by atoms with Crippen molar-refractivity contribution in [3.05, 3.63) is 47.3 Å². The molecule has 0 saturated heterocycles. The first kappa shape index (κ1) is 11.3. The number of aryl methyl sites for hydroxylation is 2. The average molecular weight is 231 g/mol. The highest BCUT2D eigenvalue weighted by atomic mass is 16.4. The fourth-order valence-electron chi connectivity index (χ4n) is 1.67. The van der Waals surface area contributed by atoms with Gasteiger partial charge in [-0.05, 0) is 25.5 Å². The third-order valence-electron chi connectivity index (χ3n) is 2.55. The number of aromatic nitrogens is 3. The fourth-order valence-corrected chi connectivity index (χ4v) is 1.67. The van der Waals surface area contributed by atoms with Crippen LogP contribution in [0.2, 0.25) is 0 Å². The van der Waals surface area contributed by atoms with Crippen molar-refractivity contribution in [1.82, 2.24) is 14.5 Å².